The third-order valence-electron chi connectivity index (χ3n) is 3.66. The van der Waals surface area contributed by atoms with Gasteiger partial charge in [-0.05, 0) is 49.4 Å². The summed E-state index contributed by atoms with van der Waals surface area (Å²) in [4.78, 5) is 12.0. The summed E-state index contributed by atoms with van der Waals surface area (Å²) in [6, 6.07) is 5.15. The molecule has 0 heterocycles. The summed E-state index contributed by atoms with van der Waals surface area (Å²) in [5.74, 6) is 0.995. The van der Waals surface area contributed by atoms with Crippen LogP contribution in [0.15, 0.2) is 18.2 Å². The maximum Gasteiger partial charge on any atom is 0.227 e. The second-order valence-electron chi connectivity index (χ2n) is 5.01. The lowest BCUT2D eigenvalue weighted by atomic mass is 9.97. The number of phenolic OH excluding ortho intramolecular Hbond substituents is 1. The summed E-state index contributed by atoms with van der Waals surface area (Å²) in [5.41, 5.74) is 1.55. The molecule has 2 unspecified atom stereocenters. The minimum Gasteiger partial charge on any atom is -0.508 e. The average molecular weight is 233 g/mol. The van der Waals surface area contributed by atoms with Gasteiger partial charge in [0, 0.05) is 11.6 Å². The molecule has 0 spiro atoms. The molecule has 92 valence electrons. The number of carbonyl (C=O) groups is 1. The van der Waals surface area contributed by atoms with Gasteiger partial charge in [-0.1, -0.05) is 13.3 Å². The van der Waals surface area contributed by atoms with Crippen LogP contribution in [-0.4, -0.2) is 11.0 Å². The van der Waals surface area contributed by atoms with E-state index in [1.54, 1.807) is 18.2 Å². The van der Waals surface area contributed by atoms with Crippen molar-refractivity contribution in [1.82, 2.24) is 0 Å². The van der Waals surface area contributed by atoms with Gasteiger partial charge in [-0.15, -0.1) is 0 Å². The number of amides is 1. The maximum absolute atomic E-state index is 12.0. The van der Waals surface area contributed by atoms with Crippen molar-refractivity contribution in [3.05, 3.63) is 23.8 Å². The van der Waals surface area contributed by atoms with E-state index in [9.17, 15) is 9.90 Å². The van der Waals surface area contributed by atoms with E-state index in [0.29, 0.717) is 5.92 Å². The number of aromatic hydroxyl groups is 1. The van der Waals surface area contributed by atoms with Gasteiger partial charge in [0.1, 0.15) is 5.75 Å². The molecule has 1 aromatic rings. The van der Waals surface area contributed by atoms with E-state index in [4.69, 9.17) is 0 Å². The van der Waals surface area contributed by atoms with Gasteiger partial charge in [0.2, 0.25) is 5.91 Å². The second-order valence-corrected chi connectivity index (χ2v) is 5.01. The van der Waals surface area contributed by atoms with Crippen LogP contribution in [0.1, 0.15) is 31.7 Å². The lowest BCUT2D eigenvalue weighted by Gasteiger charge is -2.15. The summed E-state index contributed by atoms with van der Waals surface area (Å²) < 4.78 is 0. The highest BCUT2D eigenvalue weighted by atomic mass is 16.3. The molecule has 0 aromatic heterocycles. The molecule has 17 heavy (non-hydrogen) atoms. The Balaban J connectivity index is 2.05. The number of aryl methyl sites for hydroxylation is 1. The largest absolute Gasteiger partial charge is 0.508 e. The number of phenols is 1. The molecule has 0 aliphatic heterocycles. The first-order valence-corrected chi connectivity index (χ1v) is 6.18. The fourth-order valence-electron chi connectivity index (χ4n) is 2.50. The third kappa shape index (κ3) is 2.60. The molecule has 1 fully saturated rings. The van der Waals surface area contributed by atoms with Crippen molar-refractivity contribution in [3.8, 4) is 5.75 Å². The standard InChI is InChI=1S/C14H19NO2/c1-9-4-3-5-12(9)14(17)15-11-6-7-13(16)10(2)8-11/h6-9,12,16H,3-5H2,1-2H3,(H,15,17). The van der Waals surface area contributed by atoms with Crippen molar-refractivity contribution in [1.29, 1.82) is 0 Å². The number of hydrogen-bond donors (Lipinski definition) is 2. The number of anilines is 1. The van der Waals surface area contributed by atoms with Crippen molar-refractivity contribution >= 4 is 11.6 Å². The monoisotopic (exact) mass is 233 g/mol. The van der Waals surface area contributed by atoms with E-state index < -0.39 is 0 Å². The lowest BCUT2D eigenvalue weighted by molar-refractivity contribution is -0.120. The molecular weight excluding hydrogens is 214 g/mol. The summed E-state index contributed by atoms with van der Waals surface area (Å²) in [7, 11) is 0. The zero-order valence-electron chi connectivity index (χ0n) is 10.4. The molecule has 2 atom stereocenters. The van der Waals surface area contributed by atoms with Gasteiger partial charge in [0.15, 0.2) is 0 Å². The number of rotatable bonds is 2. The van der Waals surface area contributed by atoms with Gasteiger partial charge in [0.25, 0.3) is 0 Å². The molecular formula is C14H19NO2. The van der Waals surface area contributed by atoms with Gasteiger partial charge >= 0.3 is 0 Å². The zero-order chi connectivity index (χ0) is 12.4. The Morgan fingerprint density at radius 2 is 2.18 bits per heavy atom. The molecule has 0 saturated heterocycles. The second kappa shape index (κ2) is 4.78. The van der Waals surface area contributed by atoms with Crippen LogP contribution < -0.4 is 5.32 Å². The highest BCUT2D eigenvalue weighted by Gasteiger charge is 2.29. The van der Waals surface area contributed by atoms with Crippen LogP contribution in [0.5, 0.6) is 5.75 Å². The molecule has 1 aromatic carbocycles. The van der Waals surface area contributed by atoms with Crippen LogP contribution in [0.3, 0.4) is 0 Å². The predicted molar refractivity (Wildman–Crippen MR) is 68.0 cm³/mol. The summed E-state index contributed by atoms with van der Waals surface area (Å²) in [6.07, 6.45) is 3.28. The molecule has 1 aliphatic carbocycles. The van der Waals surface area contributed by atoms with Gasteiger partial charge in [-0.3, -0.25) is 4.79 Å². The van der Waals surface area contributed by atoms with Crippen molar-refractivity contribution in [2.24, 2.45) is 11.8 Å². The Morgan fingerprint density at radius 3 is 2.76 bits per heavy atom. The molecule has 1 aliphatic rings. The molecule has 0 radical (unpaired) electrons. The van der Waals surface area contributed by atoms with E-state index in [0.717, 1.165) is 30.5 Å². The number of hydrogen-bond acceptors (Lipinski definition) is 2. The molecule has 1 amide bonds. The van der Waals surface area contributed by atoms with Crippen molar-refractivity contribution in [2.75, 3.05) is 5.32 Å². The topological polar surface area (TPSA) is 49.3 Å². The normalized spacial score (nSPS) is 23.6. The number of carbonyl (C=O) groups excluding carboxylic acids is 1. The van der Waals surface area contributed by atoms with Crippen LogP contribution in [-0.2, 0) is 4.79 Å². The highest BCUT2D eigenvalue weighted by Crippen LogP contribution is 2.32. The van der Waals surface area contributed by atoms with Gasteiger partial charge in [-0.25, -0.2) is 0 Å². The van der Waals surface area contributed by atoms with Gasteiger partial charge < -0.3 is 10.4 Å². The quantitative estimate of drug-likeness (QED) is 0.771. The van der Waals surface area contributed by atoms with E-state index in [1.165, 1.54) is 0 Å². The molecule has 1 saturated carbocycles. The summed E-state index contributed by atoms with van der Waals surface area (Å²) >= 11 is 0. The van der Waals surface area contributed by atoms with Crippen LogP contribution in [0, 0.1) is 18.8 Å². The Labute approximate surface area is 102 Å². The van der Waals surface area contributed by atoms with E-state index in [2.05, 4.69) is 12.2 Å². The SMILES string of the molecule is Cc1cc(NC(=O)C2CCCC2C)ccc1O. The highest BCUT2D eigenvalue weighted by molar-refractivity contribution is 5.93. The van der Waals surface area contributed by atoms with E-state index in [1.807, 2.05) is 6.92 Å². The predicted octanol–water partition coefficient (Wildman–Crippen LogP) is 3.08. The maximum atomic E-state index is 12.0. The first-order valence-electron chi connectivity index (χ1n) is 6.18. The van der Waals surface area contributed by atoms with E-state index >= 15 is 0 Å². The van der Waals surface area contributed by atoms with Crippen molar-refractivity contribution < 1.29 is 9.90 Å². The Kier molecular flexibility index (Phi) is 3.36. The third-order valence-corrected chi connectivity index (χ3v) is 3.66. The first kappa shape index (κ1) is 12.0. The molecule has 2 rings (SSSR count). The fourth-order valence-corrected chi connectivity index (χ4v) is 2.50. The smallest absolute Gasteiger partial charge is 0.227 e. The molecule has 2 N–H and O–H groups in total. The summed E-state index contributed by atoms with van der Waals surface area (Å²) in [5, 5.41) is 12.4. The minimum absolute atomic E-state index is 0.111. The Hall–Kier alpha value is -1.51. The molecule has 3 heteroatoms. The number of nitrogens with one attached hydrogen (secondary N) is 1. The van der Waals surface area contributed by atoms with Crippen molar-refractivity contribution in [3.63, 3.8) is 0 Å². The van der Waals surface area contributed by atoms with Crippen LogP contribution in [0.4, 0.5) is 5.69 Å². The summed E-state index contributed by atoms with van der Waals surface area (Å²) in [6.45, 7) is 3.96. The van der Waals surface area contributed by atoms with Gasteiger partial charge in [0.05, 0.1) is 0 Å². The van der Waals surface area contributed by atoms with Crippen LogP contribution >= 0.6 is 0 Å². The first-order chi connectivity index (χ1) is 8.08. The van der Waals surface area contributed by atoms with E-state index in [-0.39, 0.29) is 17.6 Å². The molecule has 0 bridgehead atoms. The zero-order valence-corrected chi connectivity index (χ0v) is 10.4. The average Bonchev–Trinajstić information content (AvgIpc) is 2.70. The minimum atomic E-state index is 0.111. The van der Waals surface area contributed by atoms with Crippen LogP contribution in [0.25, 0.3) is 0 Å². The molecule has 3 nitrogen and oxygen atoms in total. The Morgan fingerprint density at radius 1 is 1.41 bits per heavy atom. The lowest BCUT2D eigenvalue weighted by Crippen LogP contribution is -2.24. The fraction of sp³-hybridized carbons (Fsp3) is 0.500. The van der Waals surface area contributed by atoms with Gasteiger partial charge in [-0.2, -0.15) is 0 Å². The van der Waals surface area contributed by atoms with Crippen molar-refractivity contribution in [2.45, 2.75) is 33.1 Å². The number of benzene rings is 1. The Bertz CT molecular complexity index is 428. The van der Waals surface area contributed by atoms with Crippen LogP contribution in [0.2, 0.25) is 0 Å².